The van der Waals surface area contributed by atoms with Crippen LogP contribution in [-0.2, 0) is 58.9 Å². The molecule has 0 amide bonds. The first-order valence-corrected chi connectivity index (χ1v) is 0. The summed E-state index contributed by atoms with van der Waals surface area (Å²) in [6.07, 6.45) is 0. The van der Waals surface area contributed by atoms with Crippen molar-refractivity contribution in [2.75, 3.05) is 0 Å². The summed E-state index contributed by atoms with van der Waals surface area (Å²) >= 11 is 0. The van der Waals surface area contributed by atoms with Crippen molar-refractivity contribution in [3.63, 3.8) is 0 Å². The van der Waals surface area contributed by atoms with Gasteiger partial charge < -0.3 is 16.4 Å². The van der Waals surface area contributed by atoms with E-state index >= 15 is 0 Å². The van der Waals surface area contributed by atoms with Gasteiger partial charge in [0.1, 0.15) is 0 Å². The van der Waals surface area contributed by atoms with Crippen LogP contribution in [0.4, 0.5) is 0 Å². The maximum absolute atomic E-state index is 0. The molecule has 0 aliphatic rings. The van der Waals surface area contributed by atoms with E-state index in [1.165, 1.54) is 0 Å². The smallest absolute Gasteiger partial charge is 0 e. The molecule has 0 heterocycles. The van der Waals surface area contributed by atoms with Crippen LogP contribution in [0.5, 0.6) is 0 Å². The van der Waals surface area contributed by atoms with Crippen LogP contribution in [0.1, 0.15) is 0 Å². The summed E-state index contributed by atoms with van der Waals surface area (Å²) in [5, 5.41) is 0. The number of rotatable bonds is 0. The molecule has 0 atom stereocenters. The second-order valence-electron chi connectivity index (χ2n) is 0. The predicted molar refractivity (Wildman–Crippen MR) is 10.8 cm³/mol. The van der Waals surface area contributed by atoms with Gasteiger partial charge in [0.2, 0.25) is 0 Å². The van der Waals surface area contributed by atoms with Crippen molar-refractivity contribution < 1.29 is 117 Å². The van der Waals surface area contributed by atoms with Crippen LogP contribution in [0.2, 0.25) is 0 Å². The normalized spacial score (nSPS) is 0. The van der Waals surface area contributed by atoms with Crippen molar-refractivity contribution in [3.05, 3.63) is 0 Å². The largest absolute Gasteiger partial charge is 0.412 e. The Morgan fingerprint density at radius 2 is 0.667 bits per heavy atom. The molecule has 0 aromatic heterocycles. The molecule has 35 valence electrons. The van der Waals surface area contributed by atoms with Crippen molar-refractivity contribution in [3.8, 4) is 0 Å². The van der Waals surface area contributed by atoms with E-state index in [0.29, 0.717) is 0 Å². The van der Waals surface area contributed by atoms with Gasteiger partial charge in [-0.05, 0) is 0 Å². The van der Waals surface area contributed by atoms with Gasteiger partial charge in [0, 0.05) is 101 Å². The first-order valence-electron chi connectivity index (χ1n) is 0. The van der Waals surface area contributed by atoms with Crippen molar-refractivity contribution in [2.24, 2.45) is 0 Å². The van der Waals surface area contributed by atoms with E-state index in [-0.39, 0.29) is 117 Å². The van der Waals surface area contributed by atoms with Gasteiger partial charge in [-0.2, -0.15) is 0 Å². The van der Waals surface area contributed by atoms with E-state index in [1.54, 1.807) is 0 Å². The van der Waals surface area contributed by atoms with Gasteiger partial charge in [0.25, 0.3) is 0 Å². The van der Waals surface area contributed by atoms with E-state index in [1.807, 2.05) is 0 Å². The molecule has 0 unspecified atom stereocenters. The quantitative estimate of drug-likeness (QED) is 0.449. The van der Waals surface area contributed by atoms with E-state index in [2.05, 4.69) is 0 Å². The first kappa shape index (κ1) is 59.7. The van der Waals surface area contributed by atoms with Gasteiger partial charge in [-0.1, -0.05) is 0 Å². The standard InChI is InChI=1S/Ce.3H2O.Y.Zr/h;3*1H2;;. The molecule has 0 aliphatic heterocycles. The third kappa shape index (κ3) is 26.8. The summed E-state index contributed by atoms with van der Waals surface area (Å²) in [5.41, 5.74) is 0. The van der Waals surface area contributed by atoms with Crippen LogP contribution in [0.15, 0.2) is 0 Å². The summed E-state index contributed by atoms with van der Waals surface area (Å²) < 4.78 is 0. The molecule has 0 saturated carbocycles. The molecule has 0 rings (SSSR count). The fraction of sp³-hybridized carbons (Fsp3) is 0. The molecule has 3 nitrogen and oxygen atoms in total. The second kappa shape index (κ2) is 41.1. The predicted octanol–water partition coefficient (Wildman–Crippen LogP) is -2.48. The Kier molecular flexibility index (Phi) is 409. The Hall–Kier alpha value is 3.24. The van der Waals surface area contributed by atoms with E-state index in [4.69, 9.17) is 0 Å². The summed E-state index contributed by atoms with van der Waals surface area (Å²) in [6, 6.07) is 0. The van der Waals surface area contributed by atoms with Crippen LogP contribution in [0, 0.1) is 41.7 Å². The molecule has 1 radical (unpaired) electrons. The van der Waals surface area contributed by atoms with Crippen LogP contribution in [0.3, 0.4) is 0 Å². The molecular formula is H6CeO3YZr. The summed E-state index contributed by atoms with van der Waals surface area (Å²) in [5.74, 6) is 0. The average molecular weight is 374 g/mol. The zero-order chi connectivity index (χ0) is 0. The van der Waals surface area contributed by atoms with Crippen molar-refractivity contribution in [2.45, 2.75) is 0 Å². The summed E-state index contributed by atoms with van der Waals surface area (Å²) in [7, 11) is 0. The van der Waals surface area contributed by atoms with Crippen molar-refractivity contribution in [1.29, 1.82) is 0 Å². The zero-order valence-electron chi connectivity index (χ0n) is 3.08. The van der Waals surface area contributed by atoms with Gasteiger partial charge >= 0.3 is 0 Å². The zero-order valence-corrected chi connectivity index (χ0v) is 11.5. The topological polar surface area (TPSA) is 94.5 Å². The molecule has 0 saturated heterocycles. The minimum atomic E-state index is 0. The van der Waals surface area contributed by atoms with Crippen LogP contribution < -0.4 is 0 Å². The monoisotopic (exact) mass is 373 g/mol. The van der Waals surface area contributed by atoms with Gasteiger partial charge in [0.15, 0.2) is 0 Å². The molecular weight excluding hydrogens is 368 g/mol. The number of hydrogen-bond donors (Lipinski definition) is 0. The Bertz CT molecular complexity index is 10.8. The van der Waals surface area contributed by atoms with E-state index in [9.17, 15) is 0 Å². The minimum absolute atomic E-state index is 0. The van der Waals surface area contributed by atoms with Gasteiger partial charge in [-0.25, -0.2) is 0 Å². The Labute approximate surface area is 114 Å². The molecule has 0 aromatic carbocycles. The van der Waals surface area contributed by atoms with E-state index in [0.717, 1.165) is 0 Å². The minimum Gasteiger partial charge on any atom is -0.412 e. The summed E-state index contributed by atoms with van der Waals surface area (Å²) in [4.78, 5) is 0. The van der Waals surface area contributed by atoms with Crippen molar-refractivity contribution >= 4 is 0 Å². The van der Waals surface area contributed by atoms with Crippen LogP contribution in [0.25, 0.3) is 0 Å². The number of hydrogen-bond acceptors (Lipinski definition) is 0. The average Bonchev–Trinajstić information content (AvgIpc) is 0. The maximum Gasteiger partial charge on any atom is 0 e. The van der Waals surface area contributed by atoms with Gasteiger partial charge in [-0.15, -0.1) is 0 Å². The van der Waals surface area contributed by atoms with Crippen LogP contribution in [-0.4, -0.2) is 16.4 Å². The molecule has 0 aliphatic carbocycles. The Morgan fingerprint density at radius 1 is 0.667 bits per heavy atom. The fourth-order valence-electron chi connectivity index (χ4n) is 0. The Morgan fingerprint density at radius 3 is 0.667 bits per heavy atom. The third-order valence-electron chi connectivity index (χ3n) is 0. The molecule has 0 spiro atoms. The molecule has 6 heteroatoms. The van der Waals surface area contributed by atoms with Gasteiger partial charge in [-0.3, -0.25) is 0 Å². The van der Waals surface area contributed by atoms with Gasteiger partial charge in [0.05, 0.1) is 0 Å². The molecule has 6 heavy (non-hydrogen) atoms. The molecule has 6 N–H and O–H groups in total. The van der Waals surface area contributed by atoms with Crippen LogP contribution >= 0.6 is 0 Å². The Balaban J connectivity index is 0. The fourth-order valence-corrected chi connectivity index (χ4v) is 0. The third-order valence-corrected chi connectivity index (χ3v) is 0. The molecule has 0 fully saturated rings. The molecule has 0 aromatic rings. The molecule has 0 bridgehead atoms. The second-order valence-corrected chi connectivity index (χ2v) is 0. The SMILES string of the molecule is O.O.O.[Ce].[Y].[Zr]. The maximum atomic E-state index is 0. The van der Waals surface area contributed by atoms with E-state index < -0.39 is 0 Å². The first-order chi connectivity index (χ1) is 0. The summed E-state index contributed by atoms with van der Waals surface area (Å²) in [6.45, 7) is 0. The van der Waals surface area contributed by atoms with Crippen molar-refractivity contribution in [1.82, 2.24) is 0 Å².